The lowest BCUT2D eigenvalue weighted by Gasteiger charge is -2.06. The number of nitrogens with zero attached hydrogens (tertiary/aromatic N) is 2. The quantitative estimate of drug-likeness (QED) is 0.766. The van der Waals surface area contributed by atoms with Gasteiger partial charge in [-0.1, -0.05) is 17.7 Å². The maximum atomic E-state index is 5.68. The van der Waals surface area contributed by atoms with Crippen molar-refractivity contribution in [3.63, 3.8) is 0 Å². The minimum absolute atomic E-state index is 0.440. The molecule has 4 heteroatoms. The van der Waals surface area contributed by atoms with E-state index in [-0.39, 0.29) is 0 Å². The van der Waals surface area contributed by atoms with E-state index in [4.69, 9.17) is 16.3 Å². The van der Waals surface area contributed by atoms with Gasteiger partial charge in [-0.05, 0) is 30.7 Å². The number of pyridine rings is 2. The zero-order valence-corrected chi connectivity index (χ0v) is 9.61. The largest absolute Gasteiger partial charge is 0.486 e. The lowest BCUT2D eigenvalue weighted by atomic mass is 10.2. The third kappa shape index (κ3) is 2.70. The maximum Gasteiger partial charge on any atom is 0.138 e. The van der Waals surface area contributed by atoms with E-state index in [1.54, 1.807) is 24.5 Å². The summed E-state index contributed by atoms with van der Waals surface area (Å²) in [6.45, 7) is 2.45. The van der Waals surface area contributed by atoms with E-state index in [2.05, 4.69) is 9.97 Å². The summed E-state index contributed by atoms with van der Waals surface area (Å²) in [6.07, 6.45) is 3.35. The van der Waals surface area contributed by atoms with E-state index in [9.17, 15) is 0 Å². The molecule has 0 aliphatic rings. The number of aromatic nitrogens is 2. The molecule has 0 bridgehead atoms. The molecule has 0 aliphatic carbocycles. The summed E-state index contributed by atoms with van der Waals surface area (Å²) in [5.41, 5.74) is 2.04. The summed E-state index contributed by atoms with van der Waals surface area (Å²) in [7, 11) is 0. The number of rotatable bonds is 3. The molecule has 3 nitrogen and oxygen atoms in total. The lowest BCUT2D eigenvalue weighted by molar-refractivity contribution is 0.299. The highest BCUT2D eigenvalue weighted by Gasteiger charge is 2.00. The Morgan fingerprint density at radius 1 is 1.25 bits per heavy atom. The van der Waals surface area contributed by atoms with Crippen molar-refractivity contribution in [1.29, 1.82) is 0 Å². The van der Waals surface area contributed by atoms with Gasteiger partial charge in [-0.3, -0.25) is 4.98 Å². The molecule has 2 aromatic rings. The number of ether oxygens (including phenoxy) is 1. The Kier molecular flexibility index (Phi) is 3.37. The molecule has 0 aliphatic heterocycles. The summed E-state index contributed by atoms with van der Waals surface area (Å²) in [5.74, 6) is 0.689. The van der Waals surface area contributed by atoms with Crippen LogP contribution in [0.5, 0.6) is 5.75 Å². The molecule has 0 atom stereocenters. The van der Waals surface area contributed by atoms with Crippen LogP contribution in [-0.4, -0.2) is 9.97 Å². The Balaban J connectivity index is 2.02. The van der Waals surface area contributed by atoms with Gasteiger partial charge in [0.25, 0.3) is 0 Å². The van der Waals surface area contributed by atoms with Crippen molar-refractivity contribution in [2.24, 2.45) is 0 Å². The molecular formula is C12H11ClN2O. The Bertz CT molecular complexity index is 471. The van der Waals surface area contributed by atoms with Gasteiger partial charge in [-0.2, -0.15) is 0 Å². The second-order valence-electron chi connectivity index (χ2n) is 3.37. The molecule has 0 amide bonds. The normalized spacial score (nSPS) is 10.1. The van der Waals surface area contributed by atoms with Crippen molar-refractivity contribution < 1.29 is 4.74 Å². The van der Waals surface area contributed by atoms with Crippen molar-refractivity contribution in [3.8, 4) is 5.75 Å². The fraction of sp³-hybridized carbons (Fsp3) is 0.167. The van der Waals surface area contributed by atoms with Gasteiger partial charge in [-0.25, -0.2) is 4.98 Å². The number of hydrogen-bond acceptors (Lipinski definition) is 3. The molecule has 2 heterocycles. The molecule has 0 saturated heterocycles. The monoisotopic (exact) mass is 234 g/mol. The van der Waals surface area contributed by atoms with Gasteiger partial charge in [0.05, 0.1) is 11.9 Å². The van der Waals surface area contributed by atoms with Crippen LogP contribution in [0.4, 0.5) is 0 Å². The van der Waals surface area contributed by atoms with E-state index in [1.807, 2.05) is 19.1 Å². The second kappa shape index (κ2) is 4.94. The first-order chi connectivity index (χ1) is 7.75. The van der Waals surface area contributed by atoms with Gasteiger partial charge < -0.3 is 4.74 Å². The van der Waals surface area contributed by atoms with Crippen LogP contribution in [0.15, 0.2) is 36.7 Å². The topological polar surface area (TPSA) is 35.0 Å². The van der Waals surface area contributed by atoms with Crippen LogP contribution in [0, 0.1) is 6.92 Å². The number of hydrogen-bond donors (Lipinski definition) is 0. The fourth-order valence-electron chi connectivity index (χ4n) is 1.27. The zero-order chi connectivity index (χ0) is 11.4. The third-order valence-electron chi connectivity index (χ3n) is 2.19. The van der Waals surface area contributed by atoms with Gasteiger partial charge in [0.1, 0.15) is 17.5 Å². The predicted molar refractivity (Wildman–Crippen MR) is 62.6 cm³/mol. The molecule has 0 radical (unpaired) electrons. The maximum absolute atomic E-state index is 5.68. The lowest BCUT2D eigenvalue weighted by Crippen LogP contribution is -2.00. The van der Waals surface area contributed by atoms with Gasteiger partial charge in [-0.15, -0.1) is 0 Å². The van der Waals surface area contributed by atoms with Gasteiger partial charge >= 0.3 is 0 Å². The van der Waals surface area contributed by atoms with Gasteiger partial charge in [0.15, 0.2) is 0 Å². The van der Waals surface area contributed by atoms with Crippen LogP contribution in [0.25, 0.3) is 0 Å². The molecule has 0 saturated carbocycles. The molecular weight excluding hydrogens is 224 g/mol. The van der Waals surface area contributed by atoms with Crippen LogP contribution in [0.3, 0.4) is 0 Å². The van der Waals surface area contributed by atoms with Gasteiger partial charge in [0.2, 0.25) is 0 Å². The predicted octanol–water partition coefficient (Wildman–Crippen LogP) is 3.02. The molecule has 2 aromatic heterocycles. The number of aryl methyl sites for hydroxylation is 1. The first-order valence-electron chi connectivity index (χ1n) is 4.90. The highest BCUT2D eigenvalue weighted by molar-refractivity contribution is 6.29. The second-order valence-corrected chi connectivity index (χ2v) is 3.76. The fourth-order valence-corrected chi connectivity index (χ4v) is 1.38. The average molecular weight is 235 g/mol. The molecule has 0 aromatic carbocycles. The zero-order valence-electron chi connectivity index (χ0n) is 8.85. The van der Waals surface area contributed by atoms with Crippen molar-refractivity contribution >= 4 is 11.6 Å². The first-order valence-corrected chi connectivity index (χ1v) is 5.28. The Morgan fingerprint density at radius 3 is 2.81 bits per heavy atom. The summed E-state index contributed by atoms with van der Waals surface area (Å²) < 4.78 is 5.54. The van der Waals surface area contributed by atoms with Crippen LogP contribution in [0.1, 0.15) is 11.3 Å². The standard InChI is InChI=1S/C12H11ClN2O/c1-9-3-2-6-14-11(9)8-16-10-4-5-12(13)15-7-10/h2-7H,8H2,1H3. The molecule has 0 spiro atoms. The smallest absolute Gasteiger partial charge is 0.138 e. The average Bonchev–Trinajstić information content (AvgIpc) is 2.30. The minimum atomic E-state index is 0.440. The summed E-state index contributed by atoms with van der Waals surface area (Å²) in [6, 6.07) is 7.39. The molecule has 16 heavy (non-hydrogen) atoms. The third-order valence-corrected chi connectivity index (χ3v) is 2.42. The summed E-state index contributed by atoms with van der Waals surface area (Å²) in [5, 5.41) is 0.460. The van der Waals surface area contributed by atoms with Crippen molar-refractivity contribution in [1.82, 2.24) is 9.97 Å². The van der Waals surface area contributed by atoms with Crippen LogP contribution >= 0.6 is 11.6 Å². The van der Waals surface area contributed by atoms with Crippen molar-refractivity contribution in [2.75, 3.05) is 0 Å². The molecule has 0 unspecified atom stereocenters. The summed E-state index contributed by atoms with van der Waals surface area (Å²) in [4.78, 5) is 8.17. The van der Waals surface area contributed by atoms with Crippen LogP contribution in [0.2, 0.25) is 5.15 Å². The van der Waals surface area contributed by atoms with Crippen molar-refractivity contribution in [3.05, 3.63) is 53.1 Å². The van der Waals surface area contributed by atoms with E-state index in [0.717, 1.165) is 11.3 Å². The summed E-state index contributed by atoms with van der Waals surface area (Å²) >= 11 is 5.68. The Hall–Kier alpha value is -1.61. The molecule has 0 fully saturated rings. The van der Waals surface area contributed by atoms with E-state index < -0.39 is 0 Å². The minimum Gasteiger partial charge on any atom is -0.486 e. The van der Waals surface area contributed by atoms with E-state index in [0.29, 0.717) is 17.5 Å². The Morgan fingerprint density at radius 2 is 2.12 bits per heavy atom. The molecule has 82 valence electrons. The van der Waals surface area contributed by atoms with E-state index in [1.165, 1.54) is 0 Å². The first kappa shape index (κ1) is 10.9. The van der Waals surface area contributed by atoms with Crippen LogP contribution in [-0.2, 0) is 6.61 Å². The number of halogens is 1. The van der Waals surface area contributed by atoms with Gasteiger partial charge in [0, 0.05) is 6.20 Å². The SMILES string of the molecule is Cc1cccnc1COc1ccc(Cl)nc1. The van der Waals surface area contributed by atoms with Crippen molar-refractivity contribution in [2.45, 2.75) is 13.5 Å². The van der Waals surface area contributed by atoms with Crippen LogP contribution < -0.4 is 4.74 Å². The highest BCUT2D eigenvalue weighted by atomic mass is 35.5. The van der Waals surface area contributed by atoms with E-state index >= 15 is 0 Å². The molecule has 0 N–H and O–H groups in total. The Labute approximate surface area is 99.1 Å². The molecule has 2 rings (SSSR count). The highest BCUT2D eigenvalue weighted by Crippen LogP contribution is 2.14.